The molecule has 2 N–H and O–H groups in total. The molecule has 0 aliphatic rings. The maximum Gasteiger partial charge on any atom is 0.0791 e. The van der Waals surface area contributed by atoms with Crippen LogP contribution in [0, 0.1) is 10.5 Å². The highest BCUT2D eigenvalue weighted by Gasteiger charge is 2.20. The lowest BCUT2D eigenvalue weighted by molar-refractivity contribution is 0.928. The Labute approximate surface area is 160 Å². The number of anilines is 1. The summed E-state index contributed by atoms with van der Waals surface area (Å²) in [7, 11) is 0. The Kier molecular flexibility index (Phi) is 4.44. The van der Waals surface area contributed by atoms with E-state index in [1.807, 2.05) is 12.4 Å². The topological polar surface area (TPSA) is 40.7 Å². The molecular formula is C21H18IN3. The third-order valence-electron chi connectivity index (χ3n) is 4.43. The molecule has 0 aliphatic heterocycles. The van der Waals surface area contributed by atoms with Gasteiger partial charge in [0.25, 0.3) is 0 Å². The lowest BCUT2D eigenvalue weighted by Gasteiger charge is -2.21. The van der Waals surface area contributed by atoms with E-state index in [0.717, 1.165) is 5.69 Å². The van der Waals surface area contributed by atoms with Gasteiger partial charge in [-0.1, -0.05) is 18.2 Å². The van der Waals surface area contributed by atoms with Gasteiger partial charge in [0.05, 0.1) is 6.04 Å². The van der Waals surface area contributed by atoms with Crippen molar-refractivity contribution in [3.05, 3.63) is 93.4 Å². The van der Waals surface area contributed by atoms with Gasteiger partial charge in [0.2, 0.25) is 0 Å². The van der Waals surface area contributed by atoms with Gasteiger partial charge in [-0.3, -0.25) is 4.98 Å². The lowest BCUT2D eigenvalue weighted by atomic mass is 9.96. The number of H-pyrrole nitrogens is 1. The van der Waals surface area contributed by atoms with Crippen LogP contribution in [0.25, 0.3) is 10.9 Å². The van der Waals surface area contributed by atoms with Crippen LogP contribution >= 0.6 is 22.6 Å². The minimum atomic E-state index is 0.0548. The molecule has 1 atom stereocenters. The molecule has 0 aliphatic carbocycles. The molecule has 0 amide bonds. The number of hydrogen-bond donors (Lipinski definition) is 2. The van der Waals surface area contributed by atoms with Gasteiger partial charge in [0.1, 0.15) is 0 Å². The highest BCUT2D eigenvalue weighted by Crippen LogP contribution is 2.34. The van der Waals surface area contributed by atoms with Gasteiger partial charge < -0.3 is 10.3 Å². The summed E-state index contributed by atoms with van der Waals surface area (Å²) in [6.07, 6.45) is 3.70. The standard InChI is InChI=1S/C21H18IN3/c1-14-20(18-4-2-3-5-19(18)24-14)21(15-10-12-23-13-11-15)25-17-8-6-16(22)7-9-17/h2-13,21,24-25H,1H3. The van der Waals surface area contributed by atoms with Crippen LogP contribution in [-0.4, -0.2) is 9.97 Å². The van der Waals surface area contributed by atoms with Crippen LogP contribution in [0.4, 0.5) is 5.69 Å². The summed E-state index contributed by atoms with van der Waals surface area (Å²) >= 11 is 2.33. The number of nitrogens with one attached hydrogen (secondary N) is 2. The van der Waals surface area contributed by atoms with Gasteiger partial charge in [-0.2, -0.15) is 0 Å². The van der Waals surface area contributed by atoms with Crippen LogP contribution in [-0.2, 0) is 0 Å². The number of halogens is 1. The molecule has 0 radical (unpaired) electrons. The van der Waals surface area contributed by atoms with Gasteiger partial charge in [-0.25, -0.2) is 0 Å². The summed E-state index contributed by atoms with van der Waals surface area (Å²) < 4.78 is 1.23. The number of aryl methyl sites for hydroxylation is 1. The Bertz CT molecular complexity index is 991. The van der Waals surface area contributed by atoms with Crippen molar-refractivity contribution >= 4 is 39.2 Å². The number of aromatic amines is 1. The van der Waals surface area contributed by atoms with Crippen LogP contribution in [0.3, 0.4) is 0 Å². The molecular weight excluding hydrogens is 421 g/mol. The first kappa shape index (κ1) is 16.1. The normalized spacial score (nSPS) is 12.2. The molecule has 0 bridgehead atoms. The van der Waals surface area contributed by atoms with Gasteiger partial charge in [-0.05, 0) is 77.5 Å². The van der Waals surface area contributed by atoms with E-state index < -0.39 is 0 Å². The summed E-state index contributed by atoms with van der Waals surface area (Å²) in [6.45, 7) is 2.14. The van der Waals surface area contributed by atoms with Crippen LogP contribution < -0.4 is 5.32 Å². The summed E-state index contributed by atoms with van der Waals surface area (Å²) in [5.74, 6) is 0. The molecule has 0 fully saturated rings. The minimum Gasteiger partial charge on any atom is -0.374 e. The van der Waals surface area contributed by atoms with E-state index in [9.17, 15) is 0 Å². The Balaban J connectivity index is 1.85. The van der Waals surface area contributed by atoms with E-state index in [-0.39, 0.29) is 6.04 Å². The molecule has 0 spiro atoms. The second-order valence-electron chi connectivity index (χ2n) is 6.07. The quantitative estimate of drug-likeness (QED) is 0.402. The molecule has 1 unspecified atom stereocenters. The molecule has 4 aromatic rings. The van der Waals surface area contributed by atoms with Crippen molar-refractivity contribution in [1.82, 2.24) is 9.97 Å². The molecule has 2 aromatic heterocycles. The molecule has 4 heteroatoms. The molecule has 4 rings (SSSR count). The van der Waals surface area contributed by atoms with Crippen molar-refractivity contribution in [2.45, 2.75) is 13.0 Å². The third-order valence-corrected chi connectivity index (χ3v) is 5.15. The maximum absolute atomic E-state index is 4.18. The second kappa shape index (κ2) is 6.88. The lowest BCUT2D eigenvalue weighted by Crippen LogP contribution is -2.13. The monoisotopic (exact) mass is 439 g/mol. The fourth-order valence-corrected chi connectivity index (χ4v) is 3.62. The predicted octanol–water partition coefficient (Wildman–Crippen LogP) is 5.68. The number of aromatic nitrogens is 2. The summed E-state index contributed by atoms with van der Waals surface area (Å²) in [4.78, 5) is 7.69. The zero-order valence-electron chi connectivity index (χ0n) is 13.8. The van der Waals surface area contributed by atoms with Crippen molar-refractivity contribution in [2.24, 2.45) is 0 Å². The number of benzene rings is 2. The zero-order valence-corrected chi connectivity index (χ0v) is 16.0. The number of pyridine rings is 1. The highest BCUT2D eigenvalue weighted by molar-refractivity contribution is 14.1. The molecule has 3 nitrogen and oxygen atoms in total. The number of nitrogens with zero attached hydrogens (tertiary/aromatic N) is 1. The maximum atomic E-state index is 4.18. The van der Waals surface area contributed by atoms with Crippen molar-refractivity contribution in [3.8, 4) is 0 Å². The fourth-order valence-electron chi connectivity index (χ4n) is 3.26. The van der Waals surface area contributed by atoms with Gasteiger partial charge in [0, 0.05) is 43.8 Å². The van der Waals surface area contributed by atoms with Crippen molar-refractivity contribution in [3.63, 3.8) is 0 Å². The van der Waals surface area contributed by atoms with Crippen molar-refractivity contribution in [1.29, 1.82) is 0 Å². The van der Waals surface area contributed by atoms with Crippen LogP contribution in [0.1, 0.15) is 22.9 Å². The average molecular weight is 439 g/mol. The number of fused-ring (bicyclic) bond motifs is 1. The molecule has 124 valence electrons. The van der Waals surface area contributed by atoms with Crippen molar-refractivity contribution in [2.75, 3.05) is 5.32 Å². The molecule has 25 heavy (non-hydrogen) atoms. The Morgan fingerprint density at radius 1 is 0.960 bits per heavy atom. The molecule has 2 aromatic carbocycles. The SMILES string of the molecule is Cc1[nH]c2ccccc2c1C(Nc1ccc(I)cc1)c1ccncc1. The van der Waals surface area contributed by atoms with Gasteiger partial charge >= 0.3 is 0 Å². The summed E-state index contributed by atoms with van der Waals surface area (Å²) in [6, 6.07) is 21.2. The predicted molar refractivity (Wildman–Crippen MR) is 112 cm³/mol. The van der Waals surface area contributed by atoms with Gasteiger partial charge in [0.15, 0.2) is 0 Å². The van der Waals surface area contributed by atoms with Gasteiger partial charge in [-0.15, -0.1) is 0 Å². The smallest absolute Gasteiger partial charge is 0.0791 e. The third kappa shape index (κ3) is 3.26. The van der Waals surface area contributed by atoms with Crippen molar-refractivity contribution < 1.29 is 0 Å². The molecule has 0 saturated heterocycles. The van der Waals surface area contributed by atoms with E-state index in [1.54, 1.807) is 0 Å². The average Bonchev–Trinajstić information content (AvgIpc) is 2.98. The zero-order chi connectivity index (χ0) is 17.2. The first-order valence-corrected chi connectivity index (χ1v) is 9.29. The van der Waals surface area contributed by atoms with E-state index in [1.165, 1.54) is 31.3 Å². The number of para-hydroxylation sites is 1. The second-order valence-corrected chi connectivity index (χ2v) is 7.32. The minimum absolute atomic E-state index is 0.0548. The highest BCUT2D eigenvalue weighted by atomic mass is 127. The summed E-state index contributed by atoms with van der Waals surface area (Å²) in [5.41, 5.74) is 5.92. The number of rotatable bonds is 4. The Morgan fingerprint density at radius 3 is 2.44 bits per heavy atom. The first-order valence-electron chi connectivity index (χ1n) is 8.21. The molecule has 2 heterocycles. The Morgan fingerprint density at radius 2 is 1.68 bits per heavy atom. The van der Waals surface area contributed by atoms with E-state index in [0.29, 0.717) is 0 Å². The van der Waals surface area contributed by atoms with Crippen LogP contribution in [0.2, 0.25) is 0 Å². The van der Waals surface area contributed by atoms with E-state index >= 15 is 0 Å². The molecule has 0 saturated carbocycles. The first-order chi connectivity index (χ1) is 12.2. The summed E-state index contributed by atoms with van der Waals surface area (Å²) in [5, 5.41) is 4.96. The Hall–Kier alpha value is -2.34. The van der Waals surface area contributed by atoms with E-state index in [4.69, 9.17) is 0 Å². The van der Waals surface area contributed by atoms with Crippen LogP contribution in [0.5, 0.6) is 0 Å². The van der Waals surface area contributed by atoms with E-state index in [2.05, 4.69) is 105 Å². The number of hydrogen-bond acceptors (Lipinski definition) is 2. The fraction of sp³-hybridized carbons (Fsp3) is 0.0952. The van der Waals surface area contributed by atoms with Crippen LogP contribution in [0.15, 0.2) is 73.1 Å². The largest absolute Gasteiger partial charge is 0.374 e.